The fraction of sp³-hybridized carbons (Fsp3) is 0.308. The van der Waals surface area contributed by atoms with Crippen molar-refractivity contribution in [2.45, 2.75) is 20.0 Å². The Hall–Kier alpha value is -1.39. The average Bonchev–Trinajstić information content (AvgIpc) is 2.86. The molecular formula is C13H15NO2S. The summed E-state index contributed by atoms with van der Waals surface area (Å²) in [5, 5.41) is 9.95. The number of ether oxygens (including phenoxy) is 1. The summed E-state index contributed by atoms with van der Waals surface area (Å²) >= 11 is 1.49. The van der Waals surface area contributed by atoms with E-state index in [1.807, 2.05) is 6.07 Å². The van der Waals surface area contributed by atoms with Gasteiger partial charge in [-0.05, 0) is 24.1 Å². The monoisotopic (exact) mass is 249 g/mol. The minimum atomic E-state index is 0.0352. The summed E-state index contributed by atoms with van der Waals surface area (Å²) in [5.41, 5.74) is 2.25. The van der Waals surface area contributed by atoms with E-state index < -0.39 is 0 Å². The Bertz CT molecular complexity index is 508. The number of hydrogen-bond donors (Lipinski definition) is 1. The molecule has 0 saturated heterocycles. The number of rotatable bonds is 4. The molecule has 0 fully saturated rings. The Morgan fingerprint density at radius 1 is 1.41 bits per heavy atom. The summed E-state index contributed by atoms with van der Waals surface area (Å²) in [7, 11) is 1.66. The van der Waals surface area contributed by atoms with Gasteiger partial charge in [0.1, 0.15) is 10.8 Å². The summed E-state index contributed by atoms with van der Waals surface area (Å²) in [6, 6.07) is 6.12. The maximum absolute atomic E-state index is 9.06. The first kappa shape index (κ1) is 12.1. The quantitative estimate of drug-likeness (QED) is 0.906. The van der Waals surface area contributed by atoms with Crippen LogP contribution < -0.4 is 4.74 Å². The average molecular weight is 249 g/mol. The van der Waals surface area contributed by atoms with Crippen molar-refractivity contribution in [3.63, 3.8) is 0 Å². The van der Waals surface area contributed by atoms with Crippen LogP contribution in [-0.2, 0) is 13.0 Å². The van der Waals surface area contributed by atoms with Crippen LogP contribution in [0.3, 0.4) is 0 Å². The van der Waals surface area contributed by atoms with Gasteiger partial charge >= 0.3 is 0 Å². The van der Waals surface area contributed by atoms with Crippen LogP contribution in [0.1, 0.15) is 17.4 Å². The Kier molecular flexibility index (Phi) is 3.76. The second-order valence-electron chi connectivity index (χ2n) is 3.68. The number of aliphatic hydroxyl groups excluding tert-OH is 1. The molecule has 0 bridgehead atoms. The van der Waals surface area contributed by atoms with Crippen LogP contribution in [0.4, 0.5) is 0 Å². The molecule has 17 heavy (non-hydrogen) atoms. The molecule has 1 N–H and O–H groups in total. The highest BCUT2D eigenvalue weighted by molar-refractivity contribution is 7.15. The molecule has 0 aliphatic heterocycles. The zero-order chi connectivity index (χ0) is 12.3. The maximum atomic E-state index is 9.06. The third-order valence-electron chi connectivity index (χ3n) is 2.61. The molecule has 90 valence electrons. The lowest BCUT2D eigenvalue weighted by Gasteiger charge is -2.07. The highest BCUT2D eigenvalue weighted by Crippen LogP contribution is 2.33. The summed E-state index contributed by atoms with van der Waals surface area (Å²) in [6.45, 7) is 2.15. The number of thiazole rings is 1. The van der Waals surface area contributed by atoms with Gasteiger partial charge in [0.25, 0.3) is 0 Å². The topological polar surface area (TPSA) is 42.4 Å². The first-order valence-corrected chi connectivity index (χ1v) is 6.33. The second-order valence-corrected chi connectivity index (χ2v) is 4.79. The lowest BCUT2D eigenvalue weighted by atomic mass is 10.1. The Morgan fingerprint density at radius 2 is 2.24 bits per heavy atom. The fourth-order valence-corrected chi connectivity index (χ4v) is 2.44. The van der Waals surface area contributed by atoms with Crippen molar-refractivity contribution in [3.05, 3.63) is 34.8 Å². The zero-order valence-electron chi connectivity index (χ0n) is 9.93. The van der Waals surface area contributed by atoms with Gasteiger partial charge in [-0.2, -0.15) is 0 Å². The molecule has 0 unspecified atom stereocenters. The molecule has 0 radical (unpaired) electrons. The van der Waals surface area contributed by atoms with Crippen molar-refractivity contribution in [2.75, 3.05) is 7.11 Å². The summed E-state index contributed by atoms with van der Waals surface area (Å²) in [6.07, 6.45) is 2.69. The summed E-state index contributed by atoms with van der Waals surface area (Å²) < 4.78 is 5.35. The first-order valence-electron chi connectivity index (χ1n) is 5.51. The van der Waals surface area contributed by atoms with Crippen LogP contribution in [0.2, 0.25) is 0 Å². The molecular weight excluding hydrogens is 234 g/mol. The van der Waals surface area contributed by atoms with Crippen molar-refractivity contribution in [2.24, 2.45) is 0 Å². The van der Waals surface area contributed by atoms with E-state index in [1.54, 1.807) is 13.3 Å². The molecule has 3 nitrogen and oxygen atoms in total. The fourth-order valence-electron chi connectivity index (χ4n) is 1.65. The summed E-state index contributed by atoms with van der Waals surface area (Å²) in [5.74, 6) is 0.820. The first-order chi connectivity index (χ1) is 8.28. The third-order valence-corrected chi connectivity index (χ3v) is 3.63. The third kappa shape index (κ3) is 2.48. The SMILES string of the molecule is CCc1ccc(OC)c(-c2ncc(CO)s2)c1. The number of aromatic nitrogens is 1. The van der Waals surface area contributed by atoms with E-state index in [4.69, 9.17) is 9.84 Å². The van der Waals surface area contributed by atoms with Gasteiger partial charge in [-0.1, -0.05) is 13.0 Å². The predicted molar refractivity (Wildman–Crippen MR) is 69.4 cm³/mol. The molecule has 0 amide bonds. The molecule has 0 aliphatic carbocycles. The van der Waals surface area contributed by atoms with Gasteiger partial charge in [-0.3, -0.25) is 0 Å². The van der Waals surface area contributed by atoms with Crippen molar-refractivity contribution < 1.29 is 9.84 Å². The molecule has 1 aromatic carbocycles. The molecule has 1 aromatic heterocycles. The Labute approximate surface area is 105 Å². The van der Waals surface area contributed by atoms with Gasteiger partial charge in [0.2, 0.25) is 0 Å². The van der Waals surface area contributed by atoms with E-state index in [0.29, 0.717) is 0 Å². The molecule has 2 rings (SSSR count). The van der Waals surface area contributed by atoms with E-state index in [0.717, 1.165) is 27.6 Å². The molecule has 0 atom stereocenters. The van der Waals surface area contributed by atoms with Crippen molar-refractivity contribution >= 4 is 11.3 Å². The molecule has 1 heterocycles. The van der Waals surface area contributed by atoms with Gasteiger partial charge < -0.3 is 9.84 Å². The van der Waals surface area contributed by atoms with Crippen LogP contribution in [0.15, 0.2) is 24.4 Å². The highest BCUT2D eigenvalue weighted by atomic mass is 32.1. The Balaban J connectivity index is 2.47. The highest BCUT2D eigenvalue weighted by Gasteiger charge is 2.10. The van der Waals surface area contributed by atoms with Crippen LogP contribution in [0.25, 0.3) is 10.6 Å². The summed E-state index contributed by atoms with van der Waals surface area (Å²) in [4.78, 5) is 5.18. The van der Waals surface area contributed by atoms with Crippen LogP contribution in [0, 0.1) is 0 Å². The van der Waals surface area contributed by atoms with Crippen LogP contribution in [-0.4, -0.2) is 17.2 Å². The van der Waals surface area contributed by atoms with Gasteiger partial charge in [0.05, 0.1) is 24.2 Å². The minimum absolute atomic E-state index is 0.0352. The van der Waals surface area contributed by atoms with Gasteiger partial charge in [-0.15, -0.1) is 11.3 Å². The van der Waals surface area contributed by atoms with Gasteiger partial charge in [0.15, 0.2) is 0 Å². The van der Waals surface area contributed by atoms with Gasteiger partial charge in [-0.25, -0.2) is 4.98 Å². The maximum Gasteiger partial charge on any atom is 0.129 e. The standard InChI is InChI=1S/C13H15NO2S/c1-3-9-4-5-12(16-2)11(6-9)13-14-7-10(8-15)17-13/h4-7,15H,3,8H2,1-2H3. The molecule has 0 spiro atoms. The largest absolute Gasteiger partial charge is 0.496 e. The van der Waals surface area contributed by atoms with E-state index in [-0.39, 0.29) is 6.61 Å². The molecule has 0 saturated carbocycles. The van der Waals surface area contributed by atoms with E-state index in [2.05, 4.69) is 24.0 Å². The number of aliphatic hydroxyl groups is 1. The number of hydrogen-bond acceptors (Lipinski definition) is 4. The van der Waals surface area contributed by atoms with Crippen molar-refractivity contribution in [3.8, 4) is 16.3 Å². The van der Waals surface area contributed by atoms with E-state index >= 15 is 0 Å². The molecule has 2 aromatic rings. The predicted octanol–water partition coefficient (Wildman–Crippen LogP) is 2.87. The van der Waals surface area contributed by atoms with Gasteiger partial charge in [0, 0.05) is 6.20 Å². The second kappa shape index (κ2) is 5.29. The lowest BCUT2D eigenvalue weighted by molar-refractivity contribution is 0.285. The molecule has 4 heteroatoms. The smallest absolute Gasteiger partial charge is 0.129 e. The normalized spacial score (nSPS) is 10.5. The minimum Gasteiger partial charge on any atom is -0.496 e. The number of methoxy groups -OCH3 is 1. The van der Waals surface area contributed by atoms with Crippen LogP contribution in [0.5, 0.6) is 5.75 Å². The lowest BCUT2D eigenvalue weighted by Crippen LogP contribution is -1.89. The van der Waals surface area contributed by atoms with Crippen molar-refractivity contribution in [1.82, 2.24) is 4.98 Å². The van der Waals surface area contributed by atoms with Crippen molar-refractivity contribution in [1.29, 1.82) is 0 Å². The number of aryl methyl sites for hydroxylation is 1. The number of nitrogens with zero attached hydrogens (tertiary/aromatic N) is 1. The van der Waals surface area contributed by atoms with E-state index in [1.165, 1.54) is 16.9 Å². The molecule has 0 aliphatic rings. The van der Waals surface area contributed by atoms with E-state index in [9.17, 15) is 0 Å². The Morgan fingerprint density at radius 3 is 2.82 bits per heavy atom. The zero-order valence-corrected chi connectivity index (χ0v) is 10.8. The van der Waals surface area contributed by atoms with Crippen LogP contribution >= 0.6 is 11.3 Å². The number of benzene rings is 1.